The van der Waals surface area contributed by atoms with Crippen LogP contribution in [0.4, 0.5) is 20.2 Å². The molecular formula is C30H25F2N5O4. The number of anilines is 2. The predicted octanol–water partition coefficient (Wildman–Crippen LogP) is 5.18. The molecule has 0 radical (unpaired) electrons. The number of pyridine rings is 1. The fourth-order valence-corrected chi connectivity index (χ4v) is 4.77. The summed E-state index contributed by atoms with van der Waals surface area (Å²) >= 11 is 0. The van der Waals surface area contributed by atoms with Gasteiger partial charge in [-0.15, -0.1) is 0 Å². The van der Waals surface area contributed by atoms with Gasteiger partial charge in [0, 0.05) is 42.1 Å². The summed E-state index contributed by atoms with van der Waals surface area (Å²) < 4.78 is 41.4. The number of morpholine rings is 1. The molecule has 0 unspecified atom stereocenters. The normalized spacial score (nSPS) is 13.4. The van der Waals surface area contributed by atoms with E-state index < -0.39 is 23.1 Å². The van der Waals surface area contributed by atoms with E-state index in [1.54, 1.807) is 25.3 Å². The van der Waals surface area contributed by atoms with Gasteiger partial charge in [-0.1, -0.05) is 0 Å². The van der Waals surface area contributed by atoms with Crippen LogP contribution in [-0.2, 0) is 4.74 Å². The Morgan fingerprint density at radius 2 is 1.80 bits per heavy atom. The number of amides is 1. The van der Waals surface area contributed by atoms with E-state index in [0.29, 0.717) is 43.3 Å². The topological polar surface area (TPSA) is 101 Å². The third-order valence-corrected chi connectivity index (χ3v) is 6.91. The summed E-state index contributed by atoms with van der Waals surface area (Å²) in [6, 6.07) is 14.7. The van der Waals surface area contributed by atoms with E-state index in [9.17, 15) is 14.0 Å². The zero-order valence-corrected chi connectivity index (χ0v) is 22.0. The van der Waals surface area contributed by atoms with Crippen LogP contribution in [0.25, 0.3) is 16.6 Å². The Bertz CT molecular complexity index is 1810. The van der Waals surface area contributed by atoms with Crippen LogP contribution in [0.15, 0.2) is 77.9 Å². The lowest BCUT2D eigenvalue weighted by atomic mass is 10.1. The number of nitrogens with one attached hydrogen (secondary N) is 2. The van der Waals surface area contributed by atoms with Gasteiger partial charge in [0.25, 0.3) is 11.5 Å². The minimum atomic E-state index is -0.698. The lowest BCUT2D eigenvalue weighted by Crippen LogP contribution is -2.36. The monoisotopic (exact) mass is 557 g/mol. The fraction of sp³-hybridized carbons (Fsp3) is 0.167. The van der Waals surface area contributed by atoms with Crippen LogP contribution in [0, 0.1) is 18.6 Å². The molecular weight excluding hydrogens is 532 g/mol. The van der Waals surface area contributed by atoms with Gasteiger partial charge in [0.2, 0.25) is 0 Å². The van der Waals surface area contributed by atoms with Crippen molar-refractivity contribution in [3.63, 3.8) is 0 Å². The maximum absolute atomic E-state index is 15.3. The number of H-pyrrole nitrogens is 1. The average molecular weight is 558 g/mol. The minimum Gasteiger partial charge on any atom is -0.452 e. The Morgan fingerprint density at radius 1 is 1.02 bits per heavy atom. The van der Waals surface area contributed by atoms with Crippen LogP contribution in [0.2, 0.25) is 0 Å². The molecule has 2 aromatic heterocycles. The highest BCUT2D eigenvalue weighted by Crippen LogP contribution is 2.37. The number of rotatable bonds is 6. The Hall–Kier alpha value is -5.03. The molecule has 0 bridgehead atoms. The van der Waals surface area contributed by atoms with Crippen LogP contribution in [-0.4, -0.2) is 47.0 Å². The Kier molecular flexibility index (Phi) is 6.94. The molecule has 2 N–H and O–H groups in total. The summed E-state index contributed by atoms with van der Waals surface area (Å²) in [6.07, 6.45) is 3.18. The standard InChI is InChI=1S/C30H25F2N5O4/c1-18-8-9-37(22-5-2-20(31)3-6-22)30(39)28(18)29(38)34-21-4-7-26(23(32)15-21)41-27-14-19-17-33-35-24(19)16-25(27)36-10-12-40-13-11-36/h2-9,14-17H,10-13H2,1H3,(H,33,35)(H,34,38). The van der Waals surface area contributed by atoms with Gasteiger partial charge in [-0.05, 0) is 67.1 Å². The van der Waals surface area contributed by atoms with Gasteiger partial charge in [-0.25, -0.2) is 8.78 Å². The van der Waals surface area contributed by atoms with Crippen molar-refractivity contribution in [2.75, 3.05) is 36.5 Å². The number of aromatic amines is 1. The summed E-state index contributed by atoms with van der Waals surface area (Å²) in [6.45, 7) is 4.08. The fourth-order valence-electron chi connectivity index (χ4n) is 4.77. The predicted molar refractivity (Wildman–Crippen MR) is 150 cm³/mol. The van der Waals surface area contributed by atoms with Gasteiger partial charge in [0.05, 0.1) is 30.6 Å². The lowest BCUT2D eigenvalue weighted by Gasteiger charge is -2.30. The first-order chi connectivity index (χ1) is 19.9. The molecule has 1 amide bonds. The molecule has 0 saturated carbocycles. The highest BCUT2D eigenvalue weighted by atomic mass is 19.1. The molecule has 1 fully saturated rings. The van der Waals surface area contributed by atoms with Crippen molar-refractivity contribution in [3.8, 4) is 17.2 Å². The number of benzene rings is 3. The zero-order valence-electron chi connectivity index (χ0n) is 22.0. The van der Waals surface area contributed by atoms with Crippen molar-refractivity contribution >= 4 is 28.2 Å². The lowest BCUT2D eigenvalue weighted by molar-refractivity contribution is 0.102. The Morgan fingerprint density at radius 3 is 2.56 bits per heavy atom. The molecule has 208 valence electrons. The number of hydrogen-bond donors (Lipinski definition) is 2. The second-order valence-electron chi connectivity index (χ2n) is 9.60. The number of aryl methyl sites for hydroxylation is 1. The highest BCUT2D eigenvalue weighted by molar-refractivity contribution is 6.05. The molecule has 6 rings (SSSR count). The second-order valence-corrected chi connectivity index (χ2v) is 9.60. The number of halogens is 2. The minimum absolute atomic E-state index is 0.0325. The largest absolute Gasteiger partial charge is 0.452 e. The number of nitrogens with zero attached hydrogens (tertiary/aromatic N) is 3. The zero-order chi connectivity index (χ0) is 28.5. The third kappa shape index (κ3) is 5.27. The summed E-state index contributed by atoms with van der Waals surface area (Å²) in [4.78, 5) is 28.4. The average Bonchev–Trinajstić information content (AvgIpc) is 3.43. The molecule has 0 spiro atoms. The summed E-state index contributed by atoms with van der Waals surface area (Å²) in [7, 11) is 0. The maximum Gasteiger partial charge on any atom is 0.268 e. The van der Waals surface area contributed by atoms with E-state index in [0.717, 1.165) is 22.7 Å². The van der Waals surface area contributed by atoms with E-state index in [1.807, 2.05) is 6.07 Å². The van der Waals surface area contributed by atoms with Crippen LogP contribution in [0.3, 0.4) is 0 Å². The summed E-state index contributed by atoms with van der Waals surface area (Å²) in [5.74, 6) is -1.41. The van der Waals surface area contributed by atoms with Crippen LogP contribution in [0.5, 0.6) is 11.5 Å². The smallest absolute Gasteiger partial charge is 0.268 e. The van der Waals surface area contributed by atoms with Crippen molar-refractivity contribution < 1.29 is 23.0 Å². The highest BCUT2D eigenvalue weighted by Gasteiger charge is 2.20. The first-order valence-corrected chi connectivity index (χ1v) is 12.9. The van der Waals surface area contributed by atoms with Gasteiger partial charge < -0.3 is 19.7 Å². The first-order valence-electron chi connectivity index (χ1n) is 12.9. The Balaban J connectivity index is 1.25. The molecule has 0 atom stereocenters. The maximum atomic E-state index is 15.3. The molecule has 3 aromatic carbocycles. The van der Waals surface area contributed by atoms with Gasteiger partial charge in [0.1, 0.15) is 11.4 Å². The van der Waals surface area contributed by atoms with E-state index in [-0.39, 0.29) is 17.0 Å². The summed E-state index contributed by atoms with van der Waals surface area (Å²) in [5, 5.41) is 10.4. The van der Waals surface area contributed by atoms with Gasteiger partial charge >= 0.3 is 0 Å². The second kappa shape index (κ2) is 10.9. The number of hydrogen-bond acceptors (Lipinski definition) is 6. The molecule has 1 saturated heterocycles. The number of carbonyl (C=O) groups is 1. The van der Waals surface area contributed by atoms with Gasteiger partial charge in [0.15, 0.2) is 17.3 Å². The molecule has 5 aromatic rings. The van der Waals surface area contributed by atoms with Crippen molar-refractivity contribution in [3.05, 3.63) is 106 Å². The number of aromatic nitrogens is 3. The van der Waals surface area contributed by atoms with Crippen molar-refractivity contribution in [2.45, 2.75) is 6.92 Å². The molecule has 0 aliphatic carbocycles. The van der Waals surface area contributed by atoms with Gasteiger partial charge in [-0.2, -0.15) is 5.10 Å². The number of ether oxygens (including phenoxy) is 2. The molecule has 1 aliphatic rings. The van der Waals surface area contributed by atoms with Crippen molar-refractivity contribution in [1.29, 1.82) is 0 Å². The number of fused-ring (bicyclic) bond motifs is 1. The van der Waals surface area contributed by atoms with Crippen LogP contribution >= 0.6 is 0 Å². The van der Waals surface area contributed by atoms with E-state index in [4.69, 9.17) is 9.47 Å². The molecule has 9 nitrogen and oxygen atoms in total. The SMILES string of the molecule is Cc1ccn(-c2ccc(F)cc2)c(=O)c1C(=O)Nc1ccc(Oc2cc3cn[nH]c3cc2N2CCOCC2)c(F)c1. The molecule has 1 aliphatic heterocycles. The Labute approximate surface area is 232 Å². The van der Waals surface area contributed by atoms with E-state index in [1.165, 1.54) is 47.2 Å². The van der Waals surface area contributed by atoms with Crippen molar-refractivity contribution in [1.82, 2.24) is 14.8 Å². The van der Waals surface area contributed by atoms with Crippen LogP contribution < -0.4 is 20.5 Å². The first kappa shape index (κ1) is 26.2. The molecule has 11 heteroatoms. The van der Waals surface area contributed by atoms with Gasteiger partial charge in [-0.3, -0.25) is 19.3 Å². The van der Waals surface area contributed by atoms with E-state index >= 15 is 4.39 Å². The van der Waals surface area contributed by atoms with E-state index in [2.05, 4.69) is 20.4 Å². The number of carbonyl (C=O) groups excluding carboxylic acids is 1. The molecule has 3 heterocycles. The third-order valence-electron chi connectivity index (χ3n) is 6.91. The quantitative estimate of drug-likeness (QED) is 0.298. The van der Waals surface area contributed by atoms with Crippen molar-refractivity contribution in [2.24, 2.45) is 0 Å². The molecule has 41 heavy (non-hydrogen) atoms. The van der Waals surface area contributed by atoms with Crippen LogP contribution in [0.1, 0.15) is 15.9 Å². The summed E-state index contributed by atoms with van der Waals surface area (Å²) in [5.41, 5.74) is 1.90.